The highest BCUT2D eigenvalue weighted by atomic mass is 16.5. The normalized spacial score (nSPS) is 17.7. The zero-order valence-corrected chi connectivity index (χ0v) is 14.9. The Morgan fingerprint density at radius 2 is 2.08 bits per heavy atom. The molecule has 2 aromatic heterocycles. The van der Waals surface area contributed by atoms with Gasteiger partial charge in [-0.15, -0.1) is 0 Å². The molecule has 0 atom stereocenters. The number of anilines is 2. The van der Waals surface area contributed by atoms with Crippen LogP contribution in [0.2, 0.25) is 0 Å². The average Bonchev–Trinajstić information content (AvgIpc) is 2.68. The van der Waals surface area contributed by atoms with Crippen molar-refractivity contribution in [2.24, 2.45) is 5.92 Å². The van der Waals surface area contributed by atoms with Crippen molar-refractivity contribution >= 4 is 17.5 Å². The van der Waals surface area contributed by atoms with Crippen molar-refractivity contribution in [3.05, 3.63) is 30.2 Å². The number of nitrogens with one attached hydrogen (secondary N) is 1. The van der Waals surface area contributed by atoms with Crippen LogP contribution < -0.4 is 10.2 Å². The summed E-state index contributed by atoms with van der Waals surface area (Å²) in [6, 6.07) is 3.92. The first-order valence-electron chi connectivity index (χ1n) is 9.13. The molecule has 0 radical (unpaired) electrons. The number of hydrogen-bond acceptors (Lipinski definition) is 6. The topological polar surface area (TPSA) is 80.2 Å². The molecule has 2 aliphatic rings. The van der Waals surface area contributed by atoms with Crippen molar-refractivity contribution in [2.75, 3.05) is 36.5 Å². The fourth-order valence-corrected chi connectivity index (χ4v) is 3.40. The summed E-state index contributed by atoms with van der Waals surface area (Å²) >= 11 is 0. The largest absolute Gasteiger partial charge is 0.381 e. The predicted molar refractivity (Wildman–Crippen MR) is 99.0 cm³/mol. The first kappa shape index (κ1) is 16.9. The second-order valence-corrected chi connectivity index (χ2v) is 6.86. The Bertz CT molecular complexity index is 787. The van der Waals surface area contributed by atoms with Gasteiger partial charge in [0.1, 0.15) is 0 Å². The maximum atomic E-state index is 12.5. The molecule has 7 nitrogen and oxygen atoms in total. The summed E-state index contributed by atoms with van der Waals surface area (Å²) < 4.78 is 5.42. The van der Waals surface area contributed by atoms with E-state index in [1.165, 1.54) is 0 Å². The lowest BCUT2D eigenvalue weighted by atomic mass is 9.96. The van der Waals surface area contributed by atoms with Gasteiger partial charge in [-0.1, -0.05) is 0 Å². The summed E-state index contributed by atoms with van der Waals surface area (Å²) in [4.78, 5) is 27.8. The molecule has 7 heteroatoms. The molecular formula is C19H23N5O2. The molecular weight excluding hydrogens is 330 g/mol. The van der Waals surface area contributed by atoms with E-state index in [-0.39, 0.29) is 12.5 Å². The Hall–Kier alpha value is -2.54. The summed E-state index contributed by atoms with van der Waals surface area (Å²) in [5, 5.41) is 3.07. The molecule has 1 N–H and O–H groups in total. The van der Waals surface area contributed by atoms with Crippen molar-refractivity contribution in [3.63, 3.8) is 0 Å². The van der Waals surface area contributed by atoms with Gasteiger partial charge in [0.15, 0.2) is 11.6 Å². The van der Waals surface area contributed by atoms with Crippen LogP contribution in [0.15, 0.2) is 24.5 Å². The van der Waals surface area contributed by atoms with Gasteiger partial charge < -0.3 is 10.1 Å². The van der Waals surface area contributed by atoms with Gasteiger partial charge in [0.25, 0.3) is 0 Å². The number of ether oxygens (including phenoxy) is 1. The lowest BCUT2D eigenvalue weighted by Gasteiger charge is -2.30. The van der Waals surface area contributed by atoms with E-state index in [0.717, 1.165) is 49.4 Å². The lowest BCUT2D eigenvalue weighted by molar-refractivity contribution is -0.117. The second-order valence-electron chi connectivity index (χ2n) is 6.86. The highest BCUT2D eigenvalue weighted by molar-refractivity contribution is 6.00. The van der Waals surface area contributed by atoms with Crippen molar-refractivity contribution in [1.82, 2.24) is 15.0 Å². The van der Waals surface area contributed by atoms with Crippen LogP contribution in [0, 0.1) is 12.8 Å². The highest BCUT2D eigenvalue weighted by Crippen LogP contribution is 2.29. The number of carbonyl (C=O) groups excluding carboxylic acids is 1. The number of fused-ring (bicyclic) bond motifs is 1. The molecule has 136 valence electrons. The van der Waals surface area contributed by atoms with Crippen LogP contribution in [0.1, 0.15) is 25.0 Å². The SMILES string of the molecule is Cc1ccc(-c2cnc3c(n2)N(CCC2CCOCC2)C(=O)CN3)cn1. The van der Waals surface area contributed by atoms with Crippen LogP contribution in [-0.2, 0) is 9.53 Å². The first-order valence-corrected chi connectivity index (χ1v) is 9.13. The first-order chi connectivity index (χ1) is 12.7. The van der Waals surface area contributed by atoms with Crippen LogP contribution in [0.3, 0.4) is 0 Å². The van der Waals surface area contributed by atoms with Gasteiger partial charge in [-0.2, -0.15) is 0 Å². The van der Waals surface area contributed by atoms with Crippen LogP contribution >= 0.6 is 0 Å². The second kappa shape index (κ2) is 7.37. The van der Waals surface area contributed by atoms with E-state index >= 15 is 0 Å². The van der Waals surface area contributed by atoms with E-state index in [1.807, 2.05) is 19.1 Å². The predicted octanol–water partition coefficient (Wildman–Crippen LogP) is 2.42. The van der Waals surface area contributed by atoms with Crippen LogP contribution in [0.4, 0.5) is 11.6 Å². The molecule has 26 heavy (non-hydrogen) atoms. The van der Waals surface area contributed by atoms with E-state index in [1.54, 1.807) is 17.3 Å². The lowest BCUT2D eigenvalue weighted by Crippen LogP contribution is -2.42. The molecule has 4 heterocycles. The Morgan fingerprint density at radius 3 is 2.85 bits per heavy atom. The fourth-order valence-electron chi connectivity index (χ4n) is 3.40. The molecule has 0 saturated carbocycles. The van der Waals surface area contributed by atoms with Crippen LogP contribution in [0.5, 0.6) is 0 Å². The van der Waals surface area contributed by atoms with E-state index in [0.29, 0.717) is 24.1 Å². The molecule has 2 aliphatic heterocycles. The number of aromatic nitrogens is 3. The highest BCUT2D eigenvalue weighted by Gasteiger charge is 2.28. The molecule has 0 aliphatic carbocycles. The van der Waals surface area contributed by atoms with Gasteiger partial charge in [-0.3, -0.25) is 14.7 Å². The number of amides is 1. The van der Waals surface area contributed by atoms with Crippen molar-refractivity contribution in [2.45, 2.75) is 26.2 Å². The third-order valence-electron chi connectivity index (χ3n) is 5.03. The Labute approximate surface area is 152 Å². The van der Waals surface area contributed by atoms with Gasteiger partial charge in [-0.05, 0) is 44.2 Å². The Morgan fingerprint density at radius 1 is 1.23 bits per heavy atom. The third-order valence-corrected chi connectivity index (χ3v) is 5.03. The minimum absolute atomic E-state index is 0.0399. The molecule has 1 amide bonds. The van der Waals surface area contributed by atoms with E-state index in [2.05, 4.69) is 15.3 Å². The number of rotatable bonds is 4. The quantitative estimate of drug-likeness (QED) is 0.909. The fraction of sp³-hybridized carbons (Fsp3) is 0.474. The molecule has 0 aromatic carbocycles. The van der Waals surface area contributed by atoms with Gasteiger partial charge in [0.05, 0.1) is 18.4 Å². The zero-order chi connectivity index (χ0) is 17.9. The number of carbonyl (C=O) groups is 1. The molecule has 4 rings (SSSR count). The number of pyridine rings is 1. The summed E-state index contributed by atoms with van der Waals surface area (Å²) in [7, 11) is 0. The zero-order valence-electron chi connectivity index (χ0n) is 14.9. The Kier molecular flexibility index (Phi) is 4.79. The van der Waals surface area contributed by atoms with Crippen molar-refractivity contribution in [1.29, 1.82) is 0 Å². The van der Waals surface area contributed by atoms with Crippen molar-refractivity contribution < 1.29 is 9.53 Å². The molecule has 0 spiro atoms. The number of hydrogen-bond donors (Lipinski definition) is 1. The minimum Gasteiger partial charge on any atom is -0.381 e. The van der Waals surface area contributed by atoms with E-state index < -0.39 is 0 Å². The summed E-state index contributed by atoms with van der Waals surface area (Å²) in [6.07, 6.45) is 6.61. The van der Waals surface area contributed by atoms with Crippen molar-refractivity contribution in [3.8, 4) is 11.3 Å². The molecule has 1 saturated heterocycles. The van der Waals surface area contributed by atoms with Gasteiger partial charge in [0.2, 0.25) is 5.91 Å². The summed E-state index contributed by atoms with van der Waals surface area (Å²) in [5.74, 6) is 1.93. The molecule has 0 unspecified atom stereocenters. The molecule has 0 bridgehead atoms. The number of nitrogens with zero attached hydrogens (tertiary/aromatic N) is 4. The smallest absolute Gasteiger partial charge is 0.247 e. The summed E-state index contributed by atoms with van der Waals surface area (Å²) in [6.45, 7) is 4.52. The average molecular weight is 353 g/mol. The van der Waals surface area contributed by atoms with E-state index in [4.69, 9.17) is 9.72 Å². The summed E-state index contributed by atoms with van der Waals surface area (Å²) in [5.41, 5.74) is 2.58. The van der Waals surface area contributed by atoms with E-state index in [9.17, 15) is 4.79 Å². The number of aryl methyl sites for hydroxylation is 1. The maximum absolute atomic E-state index is 12.5. The standard InChI is InChI=1S/C19H23N5O2/c1-13-2-3-15(10-20-13)16-11-21-18-19(23-16)24(17(25)12-22-18)7-4-14-5-8-26-9-6-14/h2-3,10-11,14H,4-9,12H2,1H3,(H,21,22). The van der Waals surface area contributed by atoms with Crippen LogP contribution in [0.25, 0.3) is 11.3 Å². The minimum atomic E-state index is 0.0399. The molecule has 2 aromatic rings. The van der Waals surface area contributed by atoms with Gasteiger partial charge in [0, 0.05) is 37.2 Å². The third kappa shape index (κ3) is 3.53. The monoisotopic (exact) mass is 353 g/mol. The maximum Gasteiger partial charge on any atom is 0.247 e. The van der Waals surface area contributed by atoms with Gasteiger partial charge in [-0.25, -0.2) is 9.97 Å². The Balaban J connectivity index is 1.57. The van der Waals surface area contributed by atoms with Crippen LogP contribution in [-0.4, -0.2) is 47.2 Å². The van der Waals surface area contributed by atoms with Gasteiger partial charge >= 0.3 is 0 Å². The molecule has 1 fully saturated rings.